The van der Waals surface area contributed by atoms with Crippen molar-refractivity contribution in [1.82, 2.24) is 0 Å². The lowest BCUT2D eigenvalue weighted by Crippen LogP contribution is -3.06. The molecule has 122 valence electrons. The molecule has 0 spiro atoms. The fraction of sp³-hybridized carbons (Fsp3) is 0.588. The van der Waals surface area contributed by atoms with E-state index < -0.39 is 6.09 Å². The molecule has 0 unspecified atom stereocenters. The molecule has 1 amide bonds. The van der Waals surface area contributed by atoms with Crippen LogP contribution >= 0.6 is 0 Å². The predicted octanol–water partition coefficient (Wildman–Crippen LogP) is 1.95. The maximum absolute atomic E-state index is 12.2. The maximum atomic E-state index is 12.2. The number of ether oxygens (including phenoxy) is 2. The molecule has 1 aliphatic rings. The second-order valence-corrected chi connectivity index (χ2v) is 6.22. The van der Waals surface area contributed by atoms with Crippen LogP contribution in [0.3, 0.4) is 0 Å². The fourth-order valence-electron chi connectivity index (χ4n) is 3.11. The van der Waals surface area contributed by atoms with E-state index in [0.29, 0.717) is 17.4 Å². The quantitative estimate of drug-likeness (QED) is 0.874. The number of methoxy groups -OCH3 is 1. The molecule has 0 aliphatic heterocycles. The van der Waals surface area contributed by atoms with Crippen molar-refractivity contribution in [2.45, 2.75) is 31.8 Å². The monoisotopic (exact) mass is 307 g/mol. The Morgan fingerprint density at radius 1 is 1.27 bits per heavy atom. The van der Waals surface area contributed by atoms with Gasteiger partial charge in [0.25, 0.3) is 0 Å². The molecular weight excluding hydrogens is 280 g/mol. The number of rotatable bonds is 5. The van der Waals surface area contributed by atoms with Gasteiger partial charge in [-0.1, -0.05) is 18.6 Å². The highest BCUT2D eigenvalue weighted by Crippen LogP contribution is 2.27. The first kappa shape index (κ1) is 16.6. The molecule has 1 aliphatic carbocycles. The lowest BCUT2D eigenvalue weighted by Gasteiger charge is -2.31. The number of anilines is 1. The Morgan fingerprint density at radius 2 is 2.00 bits per heavy atom. The van der Waals surface area contributed by atoms with Crippen LogP contribution in [0.25, 0.3) is 0 Å². The summed E-state index contributed by atoms with van der Waals surface area (Å²) in [6.07, 6.45) is 4.07. The van der Waals surface area contributed by atoms with Gasteiger partial charge in [0, 0.05) is 5.92 Å². The molecular formula is C17H27N2O3+. The number of hydrogen-bond donors (Lipinski definition) is 2. The summed E-state index contributed by atoms with van der Waals surface area (Å²) in [6, 6.07) is 7.35. The highest BCUT2D eigenvalue weighted by atomic mass is 16.6. The zero-order valence-corrected chi connectivity index (χ0v) is 13.7. The predicted molar refractivity (Wildman–Crippen MR) is 86.5 cm³/mol. The number of carbonyl (C=O) groups is 1. The Bertz CT molecular complexity index is 491. The molecule has 0 saturated heterocycles. The van der Waals surface area contributed by atoms with Gasteiger partial charge in [-0.05, 0) is 31.4 Å². The smallest absolute Gasteiger partial charge is 0.412 e. The molecule has 1 fully saturated rings. The number of quaternary nitrogens is 1. The van der Waals surface area contributed by atoms with Gasteiger partial charge in [0.15, 0.2) is 0 Å². The van der Waals surface area contributed by atoms with Crippen LogP contribution in [0.2, 0.25) is 0 Å². The Hall–Kier alpha value is -1.75. The third kappa shape index (κ3) is 4.63. The van der Waals surface area contributed by atoms with Crippen molar-refractivity contribution in [3.05, 3.63) is 24.3 Å². The SMILES string of the molecule is COc1ccccc1NC(=O)O[C@@H]1CCCC[C@@H]1C[NH+](C)C. The van der Waals surface area contributed by atoms with E-state index in [1.54, 1.807) is 7.11 Å². The van der Waals surface area contributed by atoms with Crippen molar-refractivity contribution in [1.29, 1.82) is 0 Å². The minimum atomic E-state index is -0.393. The molecule has 0 aromatic heterocycles. The number of para-hydroxylation sites is 2. The van der Waals surface area contributed by atoms with Crippen LogP contribution in [0.1, 0.15) is 25.7 Å². The second kappa shape index (κ2) is 8.03. The number of hydrogen-bond acceptors (Lipinski definition) is 3. The minimum absolute atomic E-state index is 0.0124. The van der Waals surface area contributed by atoms with Crippen molar-refractivity contribution in [2.24, 2.45) is 5.92 Å². The van der Waals surface area contributed by atoms with E-state index in [2.05, 4.69) is 19.4 Å². The minimum Gasteiger partial charge on any atom is -0.495 e. The van der Waals surface area contributed by atoms with Gasteiger partial charge < -0.3 is 14.4 Å². The van der Waals surface area contributed by atoms with Crippen LogP contribution in [0.4, 0.5) is 10.5 Å². The third-order valence-corrected chi connectivity index (χ3v) is 4.11. The lowest BCUT2D eigenvalue weighted by molar-refractivity contribution is -0.862. The summed E-state index contributed by atoms with van der Waals surface area (Å²) in [7, 11) is 5.87. The van der Waals surface area contributed by atoms with E-state index in [1.807, 2.05) is 24.3 Å². The van der Waals surface area contributed by atoms with Gasteiger partial charge in [0.05, 0.1) is 33.4 Å². The van der Waals surface area contributed by atoms with E-state index in [1.165, 1.54) is 11.3 Å². The first-order valence-electron chi connectivity index (χ1n) is 8.00. The standard InChI is InChI=1S/C17H26N2O3/c1-19(2)12-13-8-4-6-10-15(13)22-17(20)18-14-9-5-7-11-16(14)21-3/h5,7,9,11,13,15H,4,6,8,10,12H2,1-3H3,(H,18,20)/p+1/t13-,15-/m1/s1. The number of carbonyl (C=O) groups excluding carboxylic acids is 1. The number of benzene rings is 1. The van der Waals surface area contributed by atoms with E-state index in [-0.39, 0.29) is 6.10 Å². The van der Waals surface area contributed by atoms with Crippen LogP contribution in [0.15, 0.2) is 24.3 Å². The molecule has 1 saturated carbocycles. The van der Waals surface area contributed by atoms with Gasteiger partial charge in [-0.25, -0.2) is 4.79 Å². The summed E-state index contributed by atoms with van der Waals surface area (Å²) in [6.45, 7) is 1.03. The van der Waals surface area contributed by atoms with Crippen LogP contribution in [0.5, 0.6) is 5.75 Å². The first-order valence-corrected chi connectivity index (χ1v) is 8.00. The fourth-order valence-corrected chi connectivity index (χ4v) is 3.11. The number of nitrogens with one attached hydrogen (secondary N) is 2. The van der Waals surface area contributed by atoms with Gasteiger partial charge >= 0.3 is 6.09 Å². The van der Waals surface area contributed by atoms with Crippen LogP contribution < -0.4 is 15.0 Å². The molecule has 1 aromatic carbocycles. The Kier molecular flexibility index (Phi) is 6.07. The summed E-state index contributed by atoms with van der Waals surface area (Å²) in [5.74, 6) is 1.08. The van der Waals surface area contributed by atoms with E-state index >= 15 is 0 Å². The topological polar surface area (TPSA) is 52.0 Å². The Labute approximate surface area is 132 Å². The van der Waals surface area contributed by atoms with E-state index in [9.17, 15) is 4.79 Å². The second-order valence-electron chi connectivity index (χ2n) is 6.22. The lowest BCUT2D eigenvalue weighted by atomic mass is 9.86. The van der Waals surface area contributed by atoms with Crippen LogP contribution in [-0.4, -0.2) is 39.9 Å². The van der Waals surface area contributed by atoms with E-state index in [0.717, 1.165) is 25.8 Å². The molecule has 5 nitrogen and oxygen atoms in total. The average Bonchev–Trinajstić information content (AvgIpc) is 2.49. The van der Waals surface area contributed by atoms with Gasteiger partial charge in [-0.2, -0.15) is 0 Å². The number of amides is 1. The summed E-state index contributed by atoms with van der Waals surface area (Å²) in [4.78, 5) is 13.6. The molecule has 2 N–H and O–H groups in total. The molecule has 0 heterocycles. The molecule has 2 atom stereocenters. The third-order valence-electron chi connectivity index (χ3n) is 4.11. The van der Waals surface area contributed by atoms with E-state index in [4.69, 9.17) is 9.47 Å². The van der Waals surface area contributed by atoms with Crippen LogP contribution in [0, 0.1) is 5.92 Å². The van der Waals surface area contributed by atoms with Crippen LogP contribution in [-0.2, 0) is 4.74 Å². The Balaban J connectivity index is 1.95. The van der Waals surface area contributed by atoms with Crippen molar-refractivity contribution < 1.29 is 19.2 Å². The molecule has 1 aromatic rings. The molecule has 0 radical (unpaired) electrons. The summed E-state index contributed by atoms with van der Waals surface area (Å²) < 4.78 is 10.9. The largest absolute Gasteiger partial charge is 0.495 e. The van der Waals surface area contributed by atoms with Crippen molar-refractivity contribution in [3.63, 3.8) is 0 Å². The summed E-state index contributed by atoms with van der Waals surface area (Å²) in [5.41, 5.74) is 0.639. The highest BCUT2D eigenvalue weighted by Gasteiger charge is 2.30. The van der Waals surface area contributed by atoms with Gasteiger partial charge in [0.1, 0.15) is 11.9 Å². The molecule has 5 heteroatoms. The first-order chi connectivity index (χ1) is 10.6. The molecule has 2 rings (SSSR count). The van der Waals surface area contributed by atoms with Crippen molar-refractivity contribution >= 4 is 11.8 Å². The zero-order chi connectivity index (χ0) is 15.9. The van der Waals surface area contributed by atoms with Gasteiger partial charge in [-0.3, -0.25) is 5.32 Å². The zero-order valence-electron chi connectivity index (χ0n) is 13.7. The summed E-state index contributed by atoms with van der Waals surface area (Å²) in [5, 5.41) is 2.79. The molecule has 22 heavy (non-hydrogen) atoms. The van der Waals surface area contributed by atoms with Crippen molar-refractivity contribution in [3.8, 4) is 5.75 Å². The van der Waals surface area contributed by atoms with Gasteiger partial charge in [0.2, 0.25) is 0 Å². The van der Waals surface area contributed by atoms with Gasteiger partial charge in [-0.15, -0.1) is 0 Å². The van der Waals surface area contributed by atoms with Crippen molar-refractivity contribution in [2.75, 3.05) is 33.1 Å². The average molecular weight is 307 g/mol. The normalized spacial score (nSPS) is 21.5. The summed E-state index contributed by atoms with van der Waals surface area (Å²) >= 11 is 0. The highest BCUT2D eigenvalue weighted by molar-refractivity contribution is 5.86. The maximum Gasteiger partial charge on any atom is 0.412 e. The Morgan fingerprint density at radius 3 is 2.73 bits per heavy atom. The molecule has 0 bridgehead atoms.